The average molecular weight is 331 g/mol. The molecule has 21 heavy (non-hydrogen) atoms. The molecule has 1 aliphatic heterocycles. The van der Waals surface area contributed by atoms with Crippen LogP contribution in [-0.2, 0) is 0 Å². The maximum absolute atomic E-state index is 14.2. The van der Waals surface area contributed by atoms with Crippen molar-refractivity contribution in [2.24, 2.45) is 0 Å². The fraction of sp³-hybridized carbons (Fsp3) is 0.625. The van der Waals surface area contributed by atoms with Gasteiger partial charge in [-0.25, -0.2) is 8.78 Å². The molecule has 0 radical (unpaired) electrons. The van der Waals surface area contributed by atoms with Crippen molar-refractivity contribution in [3.63, 3.8) is 0 Å². The predicted octanol–water partition coefficient (Wildman–Crippen LogP) is 4.63. The van der Waals surface area contributed by atoms with E-state index < -0.39 is 11.6 Å². The molecule has 1 aliphatic rings. The quantitative estimate of drug-likeness (QED) is 0.816. The van der Waals surface area contributed by atoms with Crippen LogP contribution in [0, 0.1) is 11.6 Å². The van der Waals surface area contributed by atoms with Crippen LogP contribution in [0.5, 0.6) is 0 Å². The first kappa shape index (κ1) is 17.1. The Balaban J connectivity index is 2.30. The molecule has 1 aromatic carbocycles. The highest BCUT2D eigenvalue weighted by atomic mass is 32.2. The molecule has 3 unspecified atom stereocenters. The summed E-state index contributed by atoms with van der Waals surface area (Å²) in [5.41, 5.74) is 0.474. The van der Waals surface area contributed by atoms with Crippen LogP contribution in [0.4, 0.5) is 8.78 Å². The van der Waals surface area contributed by atoms with Crippen molar-refractivity contribution < 1.29 is 8.78 Å². The molecule has 1 nitrogen and oxygen atoms in total. The molecule has 1 N–H and O–H groups in total. The van der Waals surface area contributed by atoms with Gasteiger partial charge in [0.05, 0.1) is 0 Å². The van der Waals surface area contributed by atoms with Crippen molar-refractivity contribution in [3.8, 4) is 0 Å². The van der Waals surface area contributed by atoms with Crippen molar-refractivity contribution in [3.05, 3.63) is 35.4 Å². The molecule has 0 amide bonds. The lowest BCUT2D eigenvalue weighted by molar-refractivity contribution is 0.447. The average Bonchev–Trinajstić information content (AvgIpc) is 2.52. The number of hydrogen-bond acceptors (Lipinski definition) is 3. The van der Waals surface area contributed by atoms with Gasteiger partial charge >= 0.3 is 0 Å². The maximum Gasteiger partial charge on any atom is 0.163 e. The molecule has 0 saturated carbocycles. The van der Waals surface area contributed by atoms with Crippen LogP contribution in [0.15, 0.2) is 18.2 Å². The second-order valence-electron chi connectivity index (χ2n) is 5.23. The monoisotopic (exact) mass is 331 g/mol. The van der Waals surface area contributed by atoms with Crippen molar-refractivity contribution in [1.29, 1.82) is 0 Å². The van der Waals surface area contributed by atoms with Gasteiger partial charge in [0, 0.05) is 33.6 Å². The zero-order valence-corrected chi connectivity index (χ0v) is 14.2. The summed E-state index contributed by atoms with van der Waals surface area (Å²) < 4.78 is 27.8. The van der Waals surface area contributed by atoms with E-state index in [1.54, 1.807) is 12.1 Å². The Bertz CT molecular complexity index is 456. The molecule has 1 aromatic rings. The third kappa shape index (κ3) is 4.14. The summed E-state index contributed by atoms with van der Waals surface area (Å²) in [6.45, 7) is 5.08. The van der Waals surface area contributed by atoms with Gasteiger partial charge in [0.1, 0.15) is 0 Å². The standard InChI is InChI=1S/C16H23F2NS2/c1-3-8-19-15(11-6-5-7-12(17)14(11)18)16-13(4-2)20-9-10-21-16/h5-7,13,15-16,19H,3-4,8-10H2,1-2H3. The van der Waals surface area contributed by atoms with E-state index in [1.807, 2.05) is 23.5 Å². The molecule has 5 heteroatoms. The molecule has 1 heterocycles. The number of benzene rings is 1. The van der Waals surface area contributed by atoms with Crippen LogP contribution < -0.4 is 5.32 Å². The number of hydrogen-bond donors (Lipinski definition) is 1. The lowest BCUT2D eigenvalue weighted by Gasteiger charge is -2.36. The van der Waals surface area contributed by atoms with Gasteiger partial charge < -0.3 is 5.32 Å². The molecule has 1 saturated heterocycles. The number of halogens is 2. The summed E-state index contributed by atoms with van der Waals surface area (Å²) in [4.78, 5) is 0. The Morgan fingerprint density at radius 2 is 2.00 bits per heavy atom. The molecular weight excluding hydrogens is 308 g/mol. The van der Waals surface area contributed by atoms with E-state index in [9.17, 15) is 8.78 Å². The van der Waals surface area contributed by atoms with Crippen molar-refractivity contribution in [2.75, 3.05) is 18.1 Å². The minimum atomic E-state index is -0.752. The van der Waals surface area contributed by atoms with Crippen LogP contribution >= 0.6 is 23.5 Å². The molecular formula is C16H23F2NS2. The maximum atomic E-state index is 14.2. The third-order valence-electron chi connectivity index (χ3n) is 3.75. The van der Waals surface area contributed by atoms with E-state index in [-0.39, 0.29) is 11.3 Å². The Kier molecular flexibility index (Phi) is 6.83. The molecule has 2 rings (SSSR count). The Labute approximate surface area is 134 Å². The SMILES string of the molecule is CCCNC(c1cccc(F)c1F)C1SCCSC1CC. The topological polar surface area (TPSA) is 12.0 Å². The zero-order valence-electron chi connectivity index (χ0n) is 12.6. The minimum absolute atomic E-state index is 0.122. The lowest BCUT2D eigenvalue weighted by Crippen LogP contribution is -2.39. The van der Waals surface area contributed by atoms with Crippen LogP contribution in [0.25, 0.3) is 0 Å². The largest absolute Gasteiger partial charge is 0.309 e. The molecule has 0 aromatic heterocycles. The second kappa shape index (κ2) is 8.39. The molecule has 0 bridgehead atoms. The van der Waals surface area contributed by atoms with Crippen molar-refractivity contribution in [1.82, 2.24) is 5.32 Å². The van der Waals surface area contributed by atoms with Crippen LogP contribution in [0.1, 0.15) is 38.3 Å². The van der Waals surface area contributed by atoms with E-state index in [2.05, 4.69) is 19.2 Å². The van der Waals surface area contributed by atoms with Gasteiger partial charge in [-0.15, -0.1) is 0 Å². The summed E-state index contributed by atoms with van der Waals surface area (Å²) in [5, 5.41) is 4.22. The van der Waals surface area contributed by atoms with E-state index in [0.717, 1.165) is 30.9 Å². The highest BCUT2D eigenvalue weighted by Crippen LogP contribution is 2.41. The normalized spacial score (nSPS) is 24.0. The van der Waals surface area contributed by atoms with Gasteiger partial charge in [-0.05, 0) is 25.5 Å². The van der Waals surface area contributed by atoms with Gasteiger partial charge in [-0.1, -0.05) is 26.0 Å². The number of nitrogens with one attached hydrogen (secondary N) is 1. The van der Waals surface area contributed by atoms with E-state index in [4.69, 9.17) is 0 Å². The first-order valence-electron chi connectivity index (χ1n) is 7.59. The van der Waals surface area contributed by atoms with E-state index in [0.29, 0.717) is 10.8 Å². The smallest absolute Gasteiger partial charge is 0.163 e. The van der Waals surface area contributed by atoms with Gasteiger partial charge in [0.15, 0.2) is 11.6 Å². The fourth-order valence-corrected chi connectivity index (χ4v) is 5.95. The summed E-state index contributed by atoms with van der Waals surface area (Å²) in [7, 11) is 0. The molecule has 0 spiro atoms. The van der Waals surface area contributed by atoms with Crippen LogP contribution in [-0.4, -0.2) is 28.6 Å². The lowest BCUT2D eigenvalue weighted by atomic mass is 9.99. The molecule has 3 atom stereocenters. The van der Waals surface area contributed by atoms with Gasteiger partial charge in [0.25, 0.3) is 0 Å². The predicted molar refractivity (Wildman–Crippen MR) is 90.2 cm³/mol. The highest BCUT2D eigenvalue weighted by molar-refractivity contribution is 8.07. The Hall–Kier alpha value is -0.260. The van der Waals surface area contributed by atoms with Gasteiger partial charge in [0.2, 0.25) is 0 Å². The first-order valence-corrected chi connectivity index (χ1v) is 9.69. The van der Waals surface area contributed by atoms with Gasteiger partial charge in [-0.3, -0.25) is 0 Å². The number of thioether (sulfide) groups is 2. The summed E-state index contributed by atoms with van der Waals surface area (Å²) in [6.07, 6.45) is 2.04. The van der Waals surface area contributed by atoms with Crippen LogP contribution in [0.3, 0.4) is 0 Å². The molecule has 118 valence electrons. The Morgan fingerprint density at radius 3 is 2.71 bits per heavy atom. The van der Waals surface area contributed by atoms with Crippen molar-refractivity contribution >= 4 is 23.5 Å². The fourth-order valence-electron chi connectivity index (χ4n) is 2.71. The first-order chi connectivity index (χ1) is 10.2. The second-order valence-corrected chi connectivity index (χ2v) is 7.86. The summed E-state index contributed by atoms with van der Waals surface area (Å²) in [6, 6.07) is 4.40. The molecule has 1 fully saturated rings. The minimum Gasteiger partial charge on any atom is -0.309 e. The van der Waals surface area contributed by atoms with E-state index >= 15 is 0 Å². The van der Waals surface area contributed by atoms with Crippen molar-refractivity contribution in [2.45, 2.75) is 43.2 Å². The van der Waals surface area contributed by atoms with Gasteiger partial charge in [-0.2, -0.15) is 23.5 Å². The zero-order chi connectivity index (χ0) is 15.2. The third-order valence-corrected chi connectivity index (χ3v) is 7.10. The Morgan fingerprint density at radius 1 is 1.24 bits per heavy atom. The number of rotatable bonds is 6. The van der Waals surface area contributed by atoms with E-state index in [1.165, 1.54) is 6.07 Å². The summed E-state index contributed by atoms with van der Waals surface area (Å²) >= 11 is 3.85. The van der Waals surface area contributed by atoms with Crippen LogP contribution in [0.2, 0.25) is 0 Å². The molecule has 0 aliphatic carbocycles. The highest BCUT2D eigenvalue weighted by Gasteiger charge is 2.34. The summed E-state index contributed by atoms with van der Waals surface area (Å²) in [5.74, 6) is 0.772.